The minimum absolute atomic E-state index is 0.0865. The second-order valence-corrected chi connectivity index (χ2v) is 12.8. The van der Waals surface area contributed by atoms with E-state index in [1.807, 2.05) is 17.9 Å². The number of amides is 1. The monoisotopic (exact) mass is 549 g/mol. The predicted octanol–water partition coefficient (Wildman–Crippen LogP) is 2.41. The molecule has 10 nitrogen and oxygen atoms in total. The van der Waals surface area contributed by atoms with Crippen LogP contribution >= 0.6 is 0 Å². The Labute approximate surface area is 225 Å². The Morgan fingerprint density at radius 2 is 1.82 bits per heavy atom. The standard InChI is InChI=1S/C27H28FN7O3S/c1-17-11-23-18(13-30-35(23)20-7-5-19(28)6-8-20)12-21(17)27-16-34(39(37,38)24-14-29-32(2)31-24)15-22(27)25(27)26(36)33-9-3-4-10-33/h5-8,11-14,22,25H,3-4,9-10,15-16H2,1-2H3/t22-,25+,27+/m1/s1. The molecule has 4 heterocycles. The second-order valence-electron chi connectivity index (χ2n) is 10.9. The van der Waals surface area contributed by atoms with Crippen molar-refractivity contribution in [2.75, 3.05) is 26.2 Å². The van der Waals surface area contributed by atoms with Gasteiger partial charge >= 0.3 is 0 Å². The van der Waals surface area contributed by atoms with Gasteiger partial charge in [-0.05, 0) is 73.2 Å². The number of carbonyl (C=O) groups is 1. The lowest BCUT2D eigenvalue weighted by Gasteiger charge is -2.26. The number of likely N-dealkylation sites (tertiary alicyclic amines) is 1. The summed E-state index contributed by atoms with van der Waals surface area (Å²) in [6, 6.07) is 10.2. The molecule has 4 aromatic rings. The van der Waals surface area contributed by atoms with E-state index < -0.39 is 15.4 Å². The van der Waals surface area contributed by atoms with Crippen molar-refractivity contribution in [2.24, 2.45) is 18.9 Å². The molecule has 2 aliphatic heterocycles. The number of rotatable bonds is 5. The van der Waals surface area contributed by atoms with Gasteiger partial charge in [-0.2, -0.15) is 19.3 Å². The highest BCUT2D eigenvalue weighted by Crippen LogP contribution is 2.66. The first-order chi connectivity index (χ1) is 18.7. The number of sulfonamides is 1. The Balaban J connectivity index is 1.30. The molecule has 0 spiro atoms. The molecule has 3 aliphatic rings. The molecule has 0 unspecified atom stereocenters. The number of aryl methyl sites for hydroxylation is 2. The third-order valence-electron chi connectivity index (χ3n) is 8.70. The van der Waals surface area contributed by atoms with Gasteiger partial charge in [0.2, 0.25) is 10.9 Å². The second kappa shape index (κ2) is 8.43. The van der Waals surface area contributed by atoms with Crippen molar-refractivity contribution in [3.05, 3.63) is 65.7 Å². The molecule has 2 saturated heterocycles. The number of hydrogen-bond acceptors (Lipinski definition) is 6. The van der Waals surface area contributed by atoms with Crippen molar-refractivity contribution < 1.29 is 17.6 Å². The molecule has 1 aliphatic carbocycles. The summed E-state index contributed by atoms with van der Waals surface area (Å²) in [6.07, 6.45) is 5.02. The minimum atomic E-state index is -3.86. The topological polar surface area (TPSA) is 106 Å². The number of piperidine rings is 1. The molecule has 0 bridgehead atoms. The first-order valence-corrected chi connectivity index (χ1v) is 14.5. The van der Waals surface area contributed by atoms with Crippen LogP contribution in [0.4, 0.5) is 4.39 Å². The molecular formula is C27H28FN7O3S. The van der Waals surface area contributed by atoms with Crippen molar-refractivity contribution in [1.29, 1.82) is 0 Å². The largest absolute Gasteiger partial charge is 0.342 e. The van der Waals surface area contributed by atoms with Crippen LogP contribution in [0.3, 0.4) is 0 Å². The van der Waals surface area contributed by atoms with E-state index in [9.17, 15) is 17.6 Å². The summed E-state index contributed by atoms with van der Waals surface area (Å²) in [7, 11) is -2.28. The van der Waals surface area contributed by atoms with Crippen LogP contribution in [0.5, 0.6) is 0 Å². The lowest BCUT2D eigenvalue weighted by Crippen LogP contribution is -2.39. The van der Waals surface area contributed by atoms with E-state index >= 15 is 0 Å². The molecule has 7 rings (SSSR count). The van der Waals surface area contributed by atoms with Crippen molar-refractivity contribution in [2.45, 2.75) is 30.2 Å². The fourth-order valence-electron chi connectivity index (χ4n) is 6.79. The molecule has 3 atom stereocenters. The van der Waals surface area contributed by atoms with Crippen LogP contribution in [0.15, 0.2) is 53.8 Å². The van der Waals surface area contributed by atoms with Gasteiger partial charge in [0.05, 0.1) is 29.5 Å². The summed E-state index contributed by atoms with van der Waals surface area (Å²) in [6.45, 7) is 3.97. The lowest BCUT2D eigenvalue weighted by molar-refractivity contribution is -0.132. The maximum atomic E-state index is 13.7. The van der Waals surface area contributed by atoms with Crippen LogP contribution in [-0.2, 0) is 27.3 Å². The van der Waals surface area contributed by atoms with Crippen LogP contribution < -0.4 is 0 Å². The molecule has 2 aromatic carbocycles. The molecule has 3 fully saturated rings. The molecule has 1 amide bonds. The third-order valence-corrected chi connectivity index (χ3v) is 10.4. The van der Waals surface area contributed by atoms with Gasteiger partial charge in [-0.15, -0.1) is 5.10 Å². The Morgan fingerprint density at radius 3 is 2.51 bits per heavy atom. The Bertz CT molecular complexity index is 1730. The number of fused-ring (bicyclic) bond motifs is 2. The maximum Gasteiger partial charge on any atom is 0.264 e. The first kappa shape index (κ1) is 24.4. The fourth-order valence-corrected chi connectivity index (χ4v) is 8.19. The highest BCUT2D eigenvalue weighted by molar-refractivity contribution is 7.89. The van der Waals surface area contributed by atoms with E-state index in [4.69, 9.17) is 0 Å². The SMILES string of the molecule is Cc1cc2c(cnn2-c2ccc(F)cc2)cc1[C@@]12CN(S(=O)(=O)c3cnn(C)n3)C[C@@H]1[C@H]2C(=O)N1CCCC1. The summed E-state index contributed by atoms with van der Waals surface area (Å²) in [5, 5.41) is 13.3. The Hall–Kier alpha value is -3.64. The molecule has 39 heavy (non-hydrogen) atoms. The van der Waals surface area contributed by atoms with Crippen LogP contribution in [0, 0.1) is 24.6 Å². The van der Waals surface area contributed by atoms with Gasteiger partial charge in [0.15, 0.2) is 0 Å². The molecule has 0 N–H and O–H groups in total. The molecule has 0 radical (unpaired) electrons. The van der Waals surface area contributed by atoms with Gasteiger partial charge < -0.3 is 4.90 Å². The third kappa shape index (κ3) is 3.57. The maximum absolute atomic E-state index is 13.7. The normalized spacial score (nSPS) is 24.9. The van der Waals surface area contributed by atoms with E-state index in [2.05, 4.69) is 21.4 Å². The van der Waals surface area contributed by atoms with Gasteiger partial charge in [-0.1, -0.05) is 0 Å². The number of carbonyl (C=O) groups excluding carboxylic acids is 1. The molecule has 2 aromatic heterocycles. The number of nitrogens with zero attached hydrogens (tertiary/aromatic N) is 7. The number of halogens is 1. The highest BCUT2D eigenvalue weighted by atomic mass is 32.2. The predicted molar refractivity (Wildman–Crippen MR) is 140 cm³/mol. The quantitative estimate of drug-likeness (QED) is 0.379. The molecule has 1 saturated carbocycles. The Kier molecular flexibility index (Phi) is 5.27. The smallest absolute Gasteiger partial charge is 0.264 e. The van der Waals surface area contributed by atoms with Crippen LogP contribution in [0.2, 0.25) is 0 Å². The van der Waals surface area contributed by atoms with E-state index in [-0.39, 0.29) is 41.7 Å². The zero-order chi connectivity index (χ0) is 27.1. The van der Waals surface area contributed by atoms with Crippen LogP contribution in [0.1, 0.15) is 24.0 Å². The average Bonchev–Trinajstić information content (AvgIpc) is 3.55. The highest BCUT2D eigenvalue weighted by Gasteiger charge is 2.74. The number of benzene rings is 2. The summed E-state index contributed by atoms with van der Waals surface area (Å²) < 4.78 is 43.7. The van der Waals surface area contributed by atoms with Crippen molar-refractivity contribution >= 4 is 26.8 Å². The van der Waals surface area contributed by atoms with Crippen molar-refractivity contribution in [3.8, 4) is 5.69 Å². The van der Waals surface area contributed by atoms with Crippen molar-refractivity contribution in [1.82, 2.24) is 34.0 Å². The van der Waals surface area contributed by atoms with Gasteiger partial charge in [0, 0.05) is 44.0 Å². The van der Waals surface area contributed by atoms with Gasteiger partial charge in [-0.3, -0.25) is 4.79 Å². The van der Waals surface area contributed by atoms with Gasteiger partial charge in [0.1, 0.15) is 5.82 Å². The zero-order valence-electron chi connectivity index (χ0n) is 21.7. The molecule has 12 heteroatoms. The van der Waals surface area contributed by atoms with Gasteiger partial charge in [-0.25, -0.2) is 17.5 Å². The Morgan fingerprint density at radius 1 is 1.08 bits per heavy atom. The summed E-state index contributed by atoms with van der Waals surface area (Å²) in [5.41, 5.74) is 2.93. The number of hydrogen-bond donors (Lipinski definition) is 0. The zero-order valence-corrected chi connectivity index (χ0v) is 22.5. The van der Waals surface area contributed by atoms with E-state index in [1.165, 1.54) is 27.4 Å². The lowest BCUT2D eigenvalue weighted by atomic mass is 9.88. The fraction of sp³-hybridized carbons (Fsp3) is 0.407. The van der Waals surface area contributed by atoms with Crippen LogP contribution in [0.25, 0.3) is 16.6 Å². The van der Waals surface area contributed by atoms with Crippen LogP contribution in [-0.4, -0.2) is 74.5 Å². The molecule has 202 valence electrons. The summed E-state index contributed by atoms with van der Waals surface area (Å²) in [4.78, 5) is 16.9. The molecular weight excluding hydrogens is 521 g/mol. The average molecular weight is 550 g/mol. The van der Waals surface area contributed by atoms with E-state index in [0.717, 1.165) is 53.6 Å². The first-order valence-electron chi connectivity index (χ1n) is 13.1. The van der Waals surface area contributed by atoms with Gasteiger partial charge in [0.25, 0.3) is 10.0 Å². The summed E-state index contributed by atoms with van der Waals surface area (Å²) >= 11 is 0. The summed E-state index contributed by atoms with van der Waals surface area (Å²) in [5.74, 6) is -0.591. The van der Waals surface area contributed by atoms with Crippen molar-refractivity contribution in [3.63, 3.8) is 0 Å². The van der Waals surface area contributed by atoms with E-state index in [0.29, 0.717) is 0 Å². The number of aromatic nitrogens is 5. The van der Waals surface area contributed by atoms with E-state index in [1.54, 1.807) is 30.1 Å². The minimum Gasteiger partial charge on any atom is -0.342 e.